The Hall–Kier alpha value is -0.570. The van der Waals surface area contributed by atoms with E-state index in [0.29, 0.717) is 10.8 Å². The first kappa shape index (κ1) is 14.5. The van der Waals surface area contributed by atoms with Crippen LogP contribution >= 0.6 is 0 Å². The Morgan fingerprint density at radius 3 is 1.94 bits per heavy atom. The summed E-state index contributed by atoms with van der Waals surface area (Å²) in [7, 11) is 0. The van der Waals surface area contributed by atoms with Gasteiger partial charge in [0, 0.05) is 6.04 Å². The van der Waals surface area contributed by atoms with E-state index in [2.05, 4.69) is 33.0 Å². The number of nitrogens with two attached hydrogens (primary N) is 1. The molecule has 3 heteroatoms. The summed E-state index contributed by atoms with van der Waals surface area (Å²) >= 11 is 0. The van der Waals surface area contributed by atoms with Crippen molar-refractivity contribution in [3.63, 3.8) is 0 Å². The number of hydrogen-bond acceptors (Lipinski definition) is 2. The maximum Gasteiger partial charge on any atom is 0.239 e. The van der Waals surface area contributed by atoms with E-state index in [1.807, 2.05) is 0 Å². The van der Waals surface area contributed by atoms with Crippen LogP contribution in [0.5, 0.6) is 0 Å². The molecule has 1 aliphatic rings. The molecule has 0 unspecified atom stereocenters. The lowest BCUT2D eigenvalue weighted by molar-refractivity contribution is -0.126. The maximum absolute atomic E-state index is 11.9. The van der Waals surface area contributed by atoms with Gasteiger partial charge in [-0.2, -0.15) is 0 Å². The smallest absolute Gasteiger partial charge is 0.239 e. The van der Waals surface area contributed by atoms with Crippen molar-refractivity contribution < 1.29 is 4.79 Å². The van der Waals surface area contributed by atoms with Gasteiger partial charge < -0.3 is 11.1 Å². The fourth-order valence-corrected chi connectivity index (χ4v) is 3.32. The van der Waals surface area contributed by atoms with Crippen LogP contribution in [-0.2, 0) is 4.79 Å². The van der Waals surface area contributed by atoms with Gasteiger partial charge in [0.1, 0.15) is 0 Å². The van der Waals surface area contributed by atoms with Crippen LogP contribution in [0.15, 0.2) is 0 Å². The second-order valence-electron chi connectivity index (χ2n) is 7.81. The molecule has 0 heterocycles. The van der Waals surface area contributed by atoms with Crippen molar-refractivity contribution in [1.29, 1.82) is 0 Å². The summed E-state index contributed by atoms with van der Waals surface area (Å²) in [6.45, 7) is 12.6. The predicted molar refractivity (Wildman–Crippen MR) is 71.6 cm³/mol. The van der Waals surface area contributed by atoms with Gasteiger partial charge >= 0.3 is 0 Å². The van der Waals surface area contributed by atoms with Gasteiger partial charge in [-0.1, -0.05) is 27.7 Å². The molecule has 17 heavy (non-hydrogen) atoms. The predicted octanol–water partition coefficient (Wildman–Crippen LogP) is 2.44. The second kappa shape index (κ2) is 4.27. The van der Waals surface area contributed by atoms with Crippen molar-refractivity contribution in [2.75, 3.05) is 0 Å². The van der Waals surface area contributed by atoms with Gasteiger partial charge in [0.15, 0.2) is 0 Å². The van der Waals surface area contributed by atoms with Gasteiger partial charge in [-0.05, 0) is 43.9 Å². The molecular formula is C14H28N2O. The molecular weight excluding hydrogens is 212 g/mol. The van der Waals surface area contributed by atoms with E-state index in [4.69, 9.17) is 5.73 Å². The number of rotatable bonds is 2. The molecule has 1 rings (SSSR count). The zero-order valence-electron chi connectivity index (χ0n) is 12.2. The van der Waals surface area contributed by atoms with Gasteiger partial charge in [-0.15, -0.1) is 0 Å². The van der Waals surface area contributed by atoms with Crippen LogP contribution in [0.2, 0.25) is 0 Å². The van der Waals surface area contributed by atoms with Gasteiger partial charge in [-0.25, -0.2) is 0 Å². The average Bonchev–Trinajstić information content (AvgIpc) is 1.94. The maximum atomic E-state index is 11.9. The molecule has 0 aromatic heterocycles. The summed E-state index contributed by atoms with van der Waals surface area (Å²) in [5.74, 6) is -0.0454. The Morgan fingerprint density at radius 1 is 1.18 bits per heavy atom. The van der Waals surface area contributed by atoms with E-state index in [-0.39, 0.29) is 11.9 Å². The molecule has 0 atom stereocenters. The Bertz CT molecular complexity index is 284. The Morgan fingerprint density at radius 2 is 1.59 bits per heavy atom. The minimum Gasteiger partial charge on any atom is -0.352 e. The van der Waals surface area contributed by atoms with Crippen LogP contribution in [0.3, 0.4) is 0 Å². The molecule has 0 aromatic rings. The van der Waals surface area contributed by atoms with E-state index in [9.17, 15) is 4.79 Å². The molecule has 0 bridgehead atoms. The molecule has 1 aliphatic carbocycles. The first-order valence-electron chi connectivity index (χ1n) is 6.51. The molecule has 0 aromatic carbocycles. The minimum atomic E-state index is -0.786. The van der Waals surface area contributed by atoms with Crippen molar-refractivity contribution in [2.45, 2.75) is 72.4 Å². The normalized spacial score (nSPS) is 24.4. The highest BCUT2D eigenvalue weighted by Crippen LogP contribution is 2.45. The summed E-state index contributed by atoms with van der Waals surface area (Å²) in [5.41, 5.74) is 5.61. The third-order valence-electron chi connectivity index (χ3n) is 3.48. The molecule has 3 nitrogen and oxygen atoms in total. The molecule has 0 radical (unpaired) electrons. The van der Waals surface area contributed by atoms with Gasteiger partial charge in [0.2, 0.25) is 5.91 Å². The van der Waals surface area contributed by atoms with Gasteiger partial charge in [-0.3, -0.25) is 4.79 Å². The number of nitrogens with one attached hydrogen (secondary N) is 1. The number of hydrogen-bond donors (Lipinski definition) is 2. The third kappa shape index (κ3) is 4.30. The molecule has 0 saturated heterocycles. The first-order valence-corrected chi connectivity index (χ1v) is 6.51. The summed E-state index contributed by atoms with van der Waals surface area (Å²) in [6.07, 6.45) is 3.29. The van der Waals surface area contributed by atoms with Crippen molar-refractivity contribution in [2.24, 2.45) is 16.6 Å². The molecule has 0 aliphatic heterocycles. The topological polar surface area (TPSA) is 55.1 Å². The highest BCUT2D eigenvalue weighted by Gasteiger charge is 2.39. The van der Waals surface area contributed by atoms with Crippen molar-refractivity contribution >= 4 is 5.91 Å². The zero-order chi connectivity index (χ0) is 13.5. The lowest BCUT2D eigenvalue weighted by Crippen LogP contribution is -2.55. The molecule has 0 spiro atoms. The summed E-state index contributed by atoms with van der Waals surface area (Å²) in [6, 6.07) is 0.254. The quantitative estimate of drug-likeness (QED) is 0.779. The highest BCUT2D eigenvalue weighted by atomic mass is 16.2. The summed E-state index contributed by atoms with van der Waals surface area (Å²) < 4.78 is 0. The van der Waals surface area contributed by atoms with E-state index in [1.165, 1.54) is 6.42 Å². The monoisotopic (exact) mass is 240 g/mol. The molecule has 1 fully saturated rings. The average molecular weight is 240 g/mol. The number of carbonyl (C=O) groups is 1. The lowest BCUT2D eigenvalue weighted by Gasteiger charge is -2.45. The third-order valence-corrected chi connectivity index (χ3v) is 3.48. The van der Waals surface area contributed by atoms with Crippen LogP contribution in [0, 0.1) is 10.8 Å². The molecule has 1 amide bonds. The van der Waals surface area contributed by atoms with E-state index < -0.39 is 5.54 Å². The number of carbonyl (C=O) groups excluding carboxylic acids is 1. The Kier molecular flexibility index (Phi) is 3.64. The van der Waals surface area contributed by atoms with Crippen molar-refractivity contribution in [3.05, 3.63) is 0 Å². The second-order valence-corrected chi connectivity index (χ2v) is 7.81. The molecule has 100 valence electrons. The van der Waals surface area contributed by atoms with E-state index in [0.717, 1.165) is 12.8 Å². The van der Waals surface area contributed by atoms with Crippen LogP contribution in [0.1, 0.15) is 60.8 Å². The van der Waals surface area contributed by atoms with Gasteiger partial charge in [0.05, 0.1) is 5.54 Å². The summed E-state index contributed by atoms with van der Waals surface area (Å²) in [5, 5.41) is 3.11. The van der Waals surface area contributed by atoms with Crippen LogP contribution in [0.25, 0.3) is 0 Å². The van der Waals surface area contributed by atoms with E-state index >= 15 is 0 Å². The summed E-state index contributed by atoms with van der Waals surface area (Å²) in [4.78, 5) is 11.9. The highest BCUT2D eigenvalue weighted by molar-refractivity contribution is 5.85. The SMILES string of the molecule is CC1(C)CC(NC(=O)C(C)(C)N)CC(C)(C)C1. The molecule has 3 N–H and O–H groups in total. The first-order chi connectivity index (χ1) is 7.41. The standard InChI is InChI=1S/C14H28N2O/c1-12(2)7-10(8-13(3,4)9-12)16-11(17)14(5,6)15/h10H,7-9,15H2,1-6H3,(H,16,17). The Labute approximate surface area is 106 Å². The van der Waals surface area contributed by atoms with E-state index in [1.54, 1.807) is 13.8 Å². The van der Waals surface area contributed by atoms with Crippen molar-refractivity contribution in [1.82, 2.24) is 5.32 Å². The van der Waals surface area contributed by atoms with Crippen LogP contribution in [-0.4, -0.2) is 17.5 Å². The largest absolute Gasteiger partial charge is 0.352 e. The zero-order valence-corrected chi connectivity index (χ0v) is 12.2. The lowest BCUT2D eigenvalue weighted by atomic mass is 9.63. The molecule has 1 saturated carbocycles. The fraction of sp³-hybridized carbons (Fsp3) is 0.929. The fourth-order valence-electron chi connectivity index (χ4n) is 3.32. The Balaban J connectivity index is 2.70. The van der Waals surface area contributed by atoms with Crippen LogP contribution in [0.4, 0.5) is 0 Å². The van der Waals surface area contributed by atoms with Gasteiger partial charge in [0.25, 0.3) is 0 Å². The number of amides is 1. The minimum absolute atomic E-state index is 0.0454. The van der Waals surface area contributed by atoms with Crippen LogP contribution < -0.4 is 11.1 Å². The van der Waals surface area contributed by atoms with Crippen molar-refractivity contribution in [3.8, 4) is 0 Å².